The number of imidazole rings is 1. The van der Waals surface area contributed by atoms with Gasteiger partial charge in [0, 0.05) is 11.5 Å². The number of nitrogens with zero attached hydrogens (tertiary/aromatic N) is 2. The van der Waals surface area contributed by atoms with Gasteiger partial charge in [0.05, 0.1) is 28.0 Å². The molecule has 6 nitrogen and oxygen atoms in total. The molecule has 2 aromatic carbocycles. The highest BCUT2D eigenvalue weighted by atomic mass is 79.9. The average Bonchev–Trinajstić information content (AvgIpc) is 2.86. The molecule has 0 radical (unpaired) electrons. The fraction of sp³-hybridized carbons (Fsp3) is 0.0625. The van der Waals surface area contributed by atoms with Crippen LogP contribution in [0.3, 0.4) is 0 Å². The fourth-order valence-corrected chi connectivity index (χ4v) is 2.97. The molecule has 3 rings (SSSR count). The molecule has 0 bridgehead atoms. The number of hydrogen-bond acceptors (Lipinski definition) is 3. The van der Waals surface area contributed by atoms with Gasteiger partial charge >= 0.3 is 6.03 Å². The number of anilines is 2. The van der Waals surface area contributed by atoms with E-state index in [1.807, 2.05) is 18.2 Å². The maximum Gasteiger partial charge on any atom is 0.323 e. The van der Waals surface area contributed by atoms with Gasteiger partial charge in [0.1, 0.15) is 6.07 Å². The second-order valence-corrected chi connectivity index (χ2v) is 6.29. The lowest BCUT2D eigenvalue weighted by atomic mass is 10.1. The Balaban J connectivity index is 1.95. The predicted octanol–water partition coefficient (Wildman–Crippen LogP) is 4.51. The van der Waals surface area contributed by atoms with Crippen LogP contribution in [0.2, 0.25) is 0 Å². The maximum atomic E-state index is 12.3. The zero-order valence-electron chi connectivity index (χ0n) is 12.6. The Morgan fingerprint density at radius 3 is 2.67 bits per heavy atom. The van der Waals surface area contributed by atoms with Crippen molar-refractivity contribution >= 4 is 56.6 Å². The third kappa shape index (κ3) is 2.91. The van der Waals surface area contributed by atoms with Crippen LogP contribution in [0.5, 0.6) is 0 Å². The van der Waals surface area contributed by atoms with Crippen molar-refractivity contribution in [2.75, 3.05) is 10.6 Å². The lowest BCUT2D eigenvalue weighted by Gasteiger charge is -2.10. The standard InChI is InChI=1S/C16H12BrN5OS/c1-22-14-9(8-18)6-7-12(13(14)21-16(22)24)20-15(23)19-11-5-3-2-4-10(11)17/h2-7H,1H3,(H,21,24)(H2,19,20,23). The van der Waals surface area contributed by atoms with Crippen molar-refractivity contribution in [3.8, 4) is 6.07 Å². The minimum atomic E-state index is -0.393. The summed E-state index contributed by atoms with van der Waals surface area (Å²) in [7, 11) is 1.77. The molecule has 0 fully saturated rings. The zero-order valence-corrected chi connectivity index (χ0v) is 15.0. The molecule has 0 saturated heterocycles. The van der Waals surface area contributed by atoms with Crippen molar-refractivity contribution < 1.29 is 4.79 Å². The lowest BCUT2D eigenvalue weighted by Crippen LogP contribution is -2.19. The van der Waals surface area contributed by atoms with Crippen molar-refractivity contribution in [1.29, 1.82) is 5.26 Å². The number of fused-ring (bicyclic) bond motifs is 1. The minimum Gasteiger partial charge on any atom is -0.329 e. The topological polar surface area (TPSA) is 85.6 Å². The number of nitriles is 1. The van der Waals surface area contributed by atoms with Crippen LogP contribution < -0.4 is 10.6 Å². The summed E-state index contributed by atoms with van der Waals surface area (Å²) in [5.74, 6) is 0. The summed E-state index contributed by atoms with van der Waals surface area (Å²) >= 11 is 8.60. The van der Waals surface area contributed by atoms with E-state index in [0.717, 1.165) is 4.47 Å². The van der Waals surface area contributed by atoms with Gasteiger partial charge in [-0.2, -0.15) is 5.26 Å². The van der Waals surface area contributed by atoms with E-state index in [0.29, 0.717) is 32.7 Å². The van der Waals surface area contributed by atoms with E-state index >= 15 is 0 Å². The molecular weight excluding hydrogens is 390 g/mol. The number of rotatable bonds is 2. The Morgan fingerprint density at radius 2 is 1.96 bits per heavy atom. The number of para-hydroxylation sites is 1. The van der Waals surface area contributed by atoms with E-state index in [-0.39, 0.29) is 0 Å². The first kappa shape index (κ1) is 16.2. The van der Waals surface area contributed by atoms with Gasteiger partial charge in [0.15, 0.2) is 4.77 Å². The summed E-state index contributed by atoms with van der Waals surface area (Å²) in [6.07, 6.45) is 0. The Kier molecular flexibility index (Phi) is 4.38. The number of nitrogens with one attached hydrogen (secondary N) is 3. The summed E-state index contributed by atoms with van der Waals surface area (Å²) in [6.45, 7) is 0. The SMILES string of the molecule is Cn1c(=S)[nH]c2c(NC(=O)Nc3ccccc3Br)ccc(C#N)c21. The second-order valence-electron chi connectivity index (χ2n) is 5.04. The number of aromatic nitrogens is 2. The number of aryl methyl sites for hydroxylation is 1. The number of carbonyl (C=O) groups excluding carboxylic acids is 1. The first-order valence-electron chi connectivity index (χ1n) is 6.95. The van der Waals surface area contributed by atoms with Crippen LogP contribution in [0.15, 0.2) is 40.9 Å². The molecule has 3 aromatic rings. The largest absolute Gasteiger partial charge is 0.329 e. The highest BCUT2D eigenvalue weighted by Crippen LogP contribution is 2.26. The average molecular weight is 402 g/mol. The summed E-state index contributed by atoms with van der Waals surface area (Å²) in [5, 5.41) is 14.8. The van der Waals surface area contributed by atoms with Gasteiger partial charge in [-0.1, -0.05) is 12.1 Å². The Morgan fingerprint density at radius 1 is 1.25 bits per heavy atom. The van der Waals surface area contributed by atoms with Gasteiger partial charge in [0.2, 0.25) is 0 Å². The second kappa shape index (κ2) is 6.47. The number of aromatic amines is 1. The molecule has 0 aliphatic carbocycles. The molecule has 0 spiro atoms. The molecule has 24 heavy (non-hydrogen) atoms. The molecule has 0 aliphatic rings. The van der Waals surface area contributed by atoms with E-state index in [9.17, 15) is 10.1 Å². The zero-order chi connectivity index (χ0) is 17.3. The monoisotopic (exact) mass is 401 g/mol. The fourth-order valence-electron chi connectivity index (χ4n) is 2.39. The van der Waals surface area contributed by atoms with Crippen LogP contribution in [-0.2, 0) is 7.05 Å². The highest BCUT2D eigenvalue weighted by Gasteiger charge is 2.13. The number of carbonyl (C=O) groups is 1. The van der Waals surface area contributed by atoms with Gasteiger partial charge in [-0.05, 0) is 52.4 Å². The van der Waals surface area contributed by atoms with E-state index in [2.05, 4.69) is 37.6 Å². The van der Waals surface area contributed by atoms with Crippen molar-refractivity contribution in [3.63, 3.8) is 0 Å². The van der Waals surface area contributed by atoms with Gasteiger partial charge in [-0.15, -0.1) is 0 Å². The normalized spacial score (nSPS) is 10.4. The van der Waals surface area contributed by atoms with Gasteiger partial charge in [0.25, 0.3) is 0 Å². The van der Waals surface area contributed by atoms with Crippen molar-refractivity contribution in [3.05, 3.63) is 51.2 Å². The van der Waals surface area contributed by atoms with Crippen molar-refractivity contribution in [1.82, 2.24) is 9.55 Å². The first-order valence-corrected chi connectivity index (χ1v) is 8.15. The van der Waals surface area contributed by atoms with Gasteiger partial charge < -0.3 is 20.2 Å². The number of halogens is 1. The van der Waals surface area contributed by atoms with Crippen molar-refractivity contribution in [2.45, 2.75) is 0 Å². The predicted molar refractivity (Wildman–Crippen MR) is 99.6 cm³/mol. The molecule has 3 N–H and O–H groups in total. The molecule has 2 amide bonds. The number of urea groups is 1. The Labute approximate surface area is 151 Å². The number of hydrogen-bond donors (Lipinski definition) is 3. The number of H-pyrrole nitrogens is 1. The van der Waals surface area contributed by atoms with Crippen LogP contribution >= 0.6 is 28.1 Å². The molecule has 1 aromatic heterocycles. The van der Waals surface area contributed by atoms with Crippen LogP contribution in [0.1, 0.15) is 5.56 Å². The van der Waals surface area contributed by atoms with E-state index < -0.39 is 6.03 Å². The van der Waals surface area contributed by atoms with Crippen LogP contribution in [-0.4, -0.2) is 15.6 Å². The van der Waals surface area contributed by atoms with Gasteiger partial charge in [-0.25, -0.2) is 4.79 Å². The Bertz CT molecular complexity index is 1050. The van der Waals surface area contributed by atoms with Crippen LogP contribution in [0, 0.1) is 16.1 Å². The van der Waals surface area contributed by atoms with Crippen molar-refractivity contribution in [2.24, 2.45) is 7.05 Å². The molecular formula is C16H12BrN5OS. The first-order chi connectivity index (χ1) is 11.5. The van der Waals surface area contributed by atoms with Crippen LogP contribution in [0.25, 0.3) is 11.0 Å². The van der Waals surface area contributed by atoms with Gasteiger partial charge in [-0.3, -0.25) is 0 Å². The smallest absolute Gasteiger partial charge is 0.323 e. The number of benzene rings is 2. The van der Waals surface area contributed by atoms with E-state index in [1.54, 1.807) is 29.8 Å². The van der Waals surface area contributed by atoms with E-state index in [4.69, 9.17) is 12.2 Å². The summed E-state index contributed by atoms with van der Waals surface area (Å²) in [6, 6.07) is 12.4. The molecule has 8 heteroatoms. The van der Waals surface area contributed by atoms with Crippen LogP contribution in [0.4, 0.5) is 16.2 Å². The number of amides is 2. The molecule has 0 aliphatic heterocycles. The molecule has 0 unspecified atom stereocenters. The van der Waals surface area contributed by atoms with E-state index in [1.165, 1.54) is 0 Å². The molecule has 1 heterocycles. The molecule has 0 saturated carbocycles. The highest BCUT2D eigenvalue weighted by molar-refractivity contribution is 9.10. The summed E-state index contributed by atoms with van der Waals surface area (Å²) in [5.41, 5.74) is 2.95. The maximum absolute atomic E-state index is 12.3. The third-order valence-corrected chi connectivity index (χ3v) is 4.61. The summed E-state index contributed by atoms with van der Waals surface area (Å²) in [4.78, 5) is 15.3. The lowest BCUT2D eigenvalue weighted by molar-refractivity contribution is 0.262. The molecule has 0 atom stereocenters. The quantitative estimate of drug-likeness (QED) is 0.551. The Hall–Kier alpha value is -2.63. The summed E-state index contributed by atoms with van der Waals surface area (Å²) < 4.78 is 2.96. The molecule has 120 valence electrons. The minimum absolute atomic E-state index is 0.393. The third-order valence-electron chi connectivity index (χ3n) is 3.54.